The van der Waals surface area contributed by atoms with E-state index < -0.39 is 0 Å². The van der Waals surface area contributed by atoms with Gasteiger partial charge in [-0.2, -0.15) is 0 Å². The van der Waals surface area contributed by atoms with Crippen LogP contribution in [0.3, 0.4) is 0 Å². The molecule has 2 aliphatic heterocycles. The third-order valence-corrected chi connectivity index (χ3v) is 2.23. The molecule has 0 aromatic heterocycles. The van der Waals surface area contributed by atoms with Crippen LogP contribution in [0.25, 0.3) is 0 Å². The second-order valence-corrected chi connectivity index (χ2v) is 2.81. The van der Waals surface area contributed by atoms with Gasteiger partial charge < -0.3 is 0 Å². The molecule has 1 atom stereocenters. The quantitative estimate of drug-likeness (QED) is 0.477. The average molecular weight is 120 g/mol. The third kappa shape index (κ3) is 0.368. The van der Waals surface area contributed by atoms with Gasteiger partial charge in [-0.3, -0.25) is 5.01 Å². The molecule has 46 valence electrons. The van der Waals surface area contributed by atoms with Crippen LogP contribution in [0.5, 0.6) is 0 Å². The highest BCUT2D eigenvalue weighted by atomic mass is 15.8. The highest BCUT2D eigenvalue weighted by Crippen LogP contribution is 2.39. The monoisotopic (exact) mass is 120 g/mol. The van der Waals surface area contributed by atoms with E-state index in [0.717, 1.165) is 0 Å². The lowest BCUT2D eigenvalue weighted by molar-refractivity contribution is 0.647. The Morgan fingerprint density at radius 1 is 1.67 bits per heavy atom. The zero-order valence-electron chi connectivity index (χ0n) is 5.09. The van der Waals surface area contributed by atoms with Crippen LogP contribution in [0.4, 0.5) is 0 Å². The number of nitrogens with one attached hydrogen (secondary N) is 1. The lowest BCUT2D eigenvalue weighted by atomic mass is 10.2. The molecule has 9 heavy (non-hydrogen) atoms. The van der Waals surface area contributed by atoms with E-state index in [4.69, 9.17) is 0 Å². The van der Waals surface area contributed by atoms with E-state index in [2.05, 4.69) is 22.6 Å². The van der Waals surface area contributed by atoms with Crippen molar-refractivity contribution in [2.75, 3.05) is 0 Å². The molecule has 1 unspecified atom stereocenters. The molecule has 0 aromatic carbocycles. The number of fused-ring (bicyclic) bond motifs is 2. The van der Waals surface area contributed by atoms with Gasteiger partial charge in [-0.15, -0.1) is 0 Å². The summed E-state index contributed by atoms with van der Waals surface area (Å²) >= 11 is 0. The third-order valence-electron chi connectivity index (χ3n) is 2.23. The largest absolute Gasteiger partial charge is 0.287 e. The number of rotatable bonds is 0. The van der Waals surface area contributed by atoms with Crippen molar-refractivity contribution >= 4 is 0 Å². The van der Waals surface area contributed by atoms with E-state index in [1.54, 1.807) is 5.57 Å². The molecule has 2 heterocycles. The van der Waals surface area contributed by atoms with Crippen molar-refractivity contribution in [3.8, 4) is 0 Å². The molecule has 0 aromatic rings. The Kier molecular flexibility index (Phi) is 0.489. The maximum Gasteiger partial charge on any atom is 0.116 e. The van der Waals surface area contributed by atoms with Crippen LogP contribution in [0.1, 0.15) is 12.8 Å². The Hall–Kier alpha value is -0.760. The van der Waals surface area contributed by atoms with Crippen LogP contribution >= 0.6 is 0 Å². The van der Waals surface area contributed by atoms with E-state index in [-0.39, 0.29) is 0 Å². The molecular weight excluding hydrogens is 112 g/mol. The fourth-order valence-electron chi connectivity index (χ4n) is 1.71. The Morgan fingerprint density at radius 3 is 3.56 bits per heavy atom. The SMILES string of the molecule is C1=CC2=C(C1)CC1NN21. The van der Waals surface area contributed by atoms with Gasteiger partial charge >= 0.3 is 0 Å². The van der Waals surface area contributed by atoms with Crippen LogP contribution in [0, 0.1) is 0 Å². The molecule has 1 fully saturated rings. The molecule has 0 saturated carbocycles. The summed E-state index contributed by atoms with van der Waals surface area (Å²) in [7, 11) is 0. The maximum atomic E-state index is 3.26. The standard InChI is InChI=1S/C7H8N2/c1-2-5-4-7-8-9(7)6(5)3-1/h1,3,7-8H,2,4H2. The van der Waals surface area contributed by atoms with Crippen molar-refractivity contribution in [1.29, 1.82) is 0 Å². The molecule has 2 heteroatoms. The van der Waals surface area contributed by atoms with Crippen LogP contribution in [-0.2, 0) is 0 Å². The highest BCUT2D eigenvalue weighted by Gasteiger charge is 2.42. The highest BCUT2D eigenvalue weighted by molar-refractivity contribution is 5.40. The first-order valence-corrected chi connectivity index (χ1v) is 3.39. The van der Waals surface area contributed by atoms with Gasteiger partial charge in [0.15, 0.2) is 0 Å². The zero-order valence-corrected chi connectivity index (χ0v) is 5.09. The normalized spacial score (nSPS) is 35.6. The molecule has 1 N–H and O–H groups in total. The van der Waals surface area contributed by atoms with E-state index in [1.807, 2.05) is 0 Å². The van der Waals surface area contributed by atoms with Crippen molar-refractivity contribution in [2.45, 2.75) is 19.0 Å². The van der Waals surface area contributed by atoms with Crippen LogP contribution < -0.4 is 5.43 Å². The first-order chi connectivity index (χ1) is 4.45. The van der Waals surface area contributed by atoms with Gasteiger partial charge in [0.1, 0.15) is 6.17 Å². The second-order valence-electron chi connectivity index (χ2n) is 2.81. The van der Waals surface area contributed by atoms with Crippen molar-refractivity contribution in [3.05, 3.63) is 23.4 Å². The van der Waals surface area contributed by atoms with Crippen molar-refractivity contribution in [2.24, 2.45) is 0 Å². The minimum atomic E-state index is 0.681. The molecule has 2 nitrogen and oxygen atoms in total. The Bertz CT molecular complexity index is 227. The Morgan fingerprint density at radius 2 is 2.67 bits per heavy atom. The van der Waals surface area contributed by atoms with E-state index in [0.29, 0.717) is 6.17 Å². The van der Waals surface area contributed by atoms with Crippen LogP contribution in [-0.4, -0.2) is 11.2 Å². The Labute approximate surface area is 53.8 Å². The fraction of sp³-hybridized carbons (Fsp3) is 0.429. The van der Waals surface area contributed by atoms with Crippen LogP contribution in [0.15, 0.2) is 23.4 Å². The first kappa shape index (κ1) is 4.12. The average Bonchev–Trinajstić information content (AvgIpc) is 2.38. The minimum Gasteiger partial charge on any atom is -0.287 e. The molecule has 0 spiro atoms. The van der Waals surface area contributed by atoms with E-state index >= 15 is 0 Å². The second kappa shape index (κ2) is 1.07. The van der Waals surface area contributed by atoms with Gasteiger partial charge in [0.05, 0.1) is 5.70 Å². The molecule has 0 radical (unpaired) electrons. The molecule has 0 amide bonds. The zero-order chi connectivity index (χ0) is 5.84. The molecule has 3 aliphatic rings. The summed E-state index contributed by atoms with van der Waals surface area (Å²) < 4.78 is 0. The van der Waals surface area contributed by atoms with Gasteiger partial charge in [-0.1, -0.05) is 6.08 Å². The predicted molar refractivity (Wildman–Crippen MR) is 34.2 cm³/mol. The smallest absolute Gasteiger partial charge is 0.116 e. The number of allylic oxidation sites excluding steroid dienone is 2. The number of hydrogen-bond acceptors (Lipinski definition) is 2. The minimum absolute atomic E-state index is 0.681. The van der Waals surface area contributed by atoms with Gasteiger partial charge in [-0.05, 0) is 18.1 Å². The van der Waals surface area contributed by atoms with Gasteiger partial charge in [-0.25, -0.2) is 5.43 Å². The molecule has 3 rings (SSSR count). The van der Waals surface area contributed by atoms with Gasteiger partial charge in [0, 0.05) is 6.42 Å². The van der Waals surface area contributed by atoms with Crippen molar-refractivity contribution in [1.82, 2.24) is 10.4 Å². The molecule has 0 bridgehead atoms. The predicted octanol–water partition coefficient (Wildman–Crippen LogP) is 0.750. The fourth-order valence-corrected chi connectivity index (χ4v) is 1.71. The first-order valence-electron chi connectivity index (χ1n) is 3.39. The lowest BCUT2D eigenvalue weighted by Crippen LogP contribution is -1.96. The molecule has 1 saturated heterocycles. The number of hydrogen-bond donors (Lipinski definition) is 1. The maximum absolute atomic E-state index is 3.26. The van der Waals surface area contributed by atoms with Gasteiger partial charge in [0.2, 0.25) is 0 Å². The summed E-state index contributed by atoms with van der Waals surface area (Å²) in [4.78, 5) is 0. The van der Waals surface area contributed by atoms with Crippen molar-refractivity contribution < 1.29 is 0 Å². The summed E-state index contributed by atoms with van der Waals surface area (Å²) in [6, 6.07) is 0. The molecular formula is C7H8N2. The summed E-state index contributed by atoms with van der Waals surface area (Å²) in [6.45, 7) is 0. The van der Waals surface area contributed by atoms with E-state index in [1.165, 1.54) is 18.5 Å². The Balaban J connectivity index is 2.11. The number of nitrogens with zero attached hydrogens (tertiary/aromatic N) is 1. The van der Waals surface area contributed by atoms with Gasteiger partial charge in [0.25, 0.3) is 0 Å². The van der Waals surface area contributed by atoms with Crippen LogP contribution in [0.2, 0.25) is 0 Å². The number of hydrazine groups is 1. The summed E-state index contributed by atoms with van der Waals surface area (Å²) in [5, 5.41) is 2.25. The molecule has 1 aliphatic carbocycles. The summed E-state index contributed by atoms with van der Waals surface area (Å²) in [6.07, 6.45) is 7.59. The summed E-state index contributed by atoms with van der Waals surface area (Å²) in [5.41, 5.74) is 6.33. The topological polar surface area (TPSA) is 25.0 Å². The van der Waals surface area contributed by atoms with E-state index in [9.17, 15) is 0 Å². The van der Waals surface area contributed by atoms with Crippen molar-refractivity contribution in [3.63, 3.8) is 0 Å². The summed E-state index contributed by atoms with van der Waals surface area (Å²) in [5.74, 6) is 0. The lowest BCUT2D eigenvalue weighted by Gasteiger charge is -1.95.